The van der Waals surface area contributed by atoms with E-state index in [-0.39, 0.29) is 10.9 Å². The molecule has 0 unspecified atom stereocenters. The van der Waals surface area contributed by atoms with Crippen LogP contribution in [-0.2, 0) is 10.0 Å². The second kappa shape index (κ2) is 7.68. The van der Waals surface area contributed by atoms with Crippen LogP contribution in [-0.4, -0.2) is 22.1 Å². The fraction of sp³-hybridized carbons (Fsp3) is 0.333. The Kier molecular flexibility index (Phi) is 5.85. The van der Waals surface area contributed by atoms with Gasteiger partial charge in [0.2, 0.25) is 10.0 Å². The zero-order valence-corrected chi connectivity index (χ0v) is 15.2. The summed E-state index contributed by atoms with van der Waals surface area (Å²) in [7, 11) is -2.02. The second-order valence-electron chi connectivity index (χ2n) is 5.48. The van der Waals surface area contributed by atoms with Gasteiger partial charge in [-0.05, 0) is 62.2 Å². The number of ether oxygens (including phenoxy) is 2. The fourth-order valence-corrected chi connectivity index (χ4v) is 3.68. The average Bonchev–Trinajstić information content (AvgIpc) is 2.56. The first-order valence-corrected chi connectivity index (χ1v) is 9.25. The number of benzene rings is 2. The molecule has 0 aromatic heterocycles. The van der Waals surface area contributed by atoms with Gasteiger partial charge < -0.3 is 9.47 Å². The van der Waals surface area contributed by atoms with Crippen molar-refractivity contribution in [1.29, 1.82) is 0 Å². The molecule has 2 aromatic carbocycles. The van der Waals surface area contributed by atoms with Crippen LogP contribution in [0.5, 0.6) is 11.5 Å². The summed E-state index contributed by atoms with van der Waals surface area (Å²) < 4.78 is 38.4. The van der Waals surface area contributed by atoms with Crippen molar-refractivity contribution in [2.75, 3.05) is 13.7 Å². The molecule has 0 amide bonds. The predicted octanol–water partition coefficient (Wildman–Crippen LogP) is 3.44. The third-order valence-electron chi connectivity index (χ3n) is 3.70. The highest BCUT2D eigenvalue weighted by molar-refractivity contribution is 7.89. The standard InChI is InChI=1S/C18H23NO4S/c1-5-23-18-11-10-17(12-13(18)2)24(20,21)19-14(3)15-6-8-16(22-4)9-7-15/h6-12,14,19H,5H2,1-4H3/t14-/m1/s1. The van der Waals surface area contributed by atoms with E-state index in [1.54, 1.807) is 44.4 Å². The maximum atomic E-state index is 12.6. The molecule has 1 N–H and O–H groups in total. The summed E-state index contributed by atoms with van der Waals surface area (Å²) in [6.45, 7) is 6.07. The average molecular weight is 349 g/mol. The van der Waals surface area contributed by atoms with Crippen molar-refractivity contribution in [1.82, 2.24) is 4.72 Å². The van der Waals surface area contributed by atoms with Crippen molar-refractivity contribution in [2.45, 2.75) is 31.7 Å². The van der Waals surface area contributed by atoms with Gasteiger partial charge in [0.1, 0.15) is 11.5 Å². The molecule has 0 saturated heterocycles. The van der Waals surface area contributed by atoms with Crippen molar-refractivity contribution in [3.63, 3.8) is 0 Å². The van der Waals surface area contributed by atoms with Crippen LogP contribution in [0.15, 0.2) is 47.4 Å². The number of hydrogen-bond acceptors (Lipinski definition) is 4. The highest BCUT2D eigenvalue weighted by Crippen LogP contribution is 2.24. The van der Waals surface area contributed by atoms with Gasteiger partial charge >= 0.3 is 0 Å². The van der Waals surface area contributed by atoms with Crippen molar-refractivity contribution < 1.29 is 17.9 Å². The molecule has 6 heteroatoms. The lowest BCUT2D eigenvalue weighted by atomic mass is 10.1. The summed E-state index contributed by atoms with van der Waals surface area (Å²) in [5, 5.41) is 0. The Morgan fingerprint density at radius 3 is 2.33 bits per heavy atom. The van der Waals surface area contributed by atoms with Crippen LogP contribution in [0, 0.1) is 6.92 Å². The molecule has 2 aromatic rings. The summed E-state index contributed by atoms with van der Waals surface area (Å²) in [6.07, 6.45) is 0. The van der Waals surface area contributed by atoms with Crippen molar-refractivity contribution >= 4 is 10.0 Å². The van der Waals surface area contributed by atoms with Crippen LogP contribution >= 0.6 is 0 Å². The summed E-state index contributed by atoms with van der Waals surface area (Å²) in [5.41, 5.74) is 1.65. The van der Waals surface area contributed by atoms with Gasteiger partial charge in [0, 0.05) is 6.04 Å². The molecule has 1 atom stereocenters. The molecular weight excluding hydrogens is 326 g/mol. The van der Waals surface area contributed by atoms with Gasteiger partial charge in [-0.25, -0.2) is 13.1 Å². The normalized spacial score (nSPS) is 12.7. The van der Waals surface area contributed by atoms with Crippen LogP contribution < -0.4 is 14.2 Å². The van der Waals surface area contributed by atoms with Crippen molar-refractivity contribution in [2.24, 2.45) is 0 Å². The number of hydrogen-bond donors (Lipinski definition) is 1. The number of rotatable bonds is 7. The Bertz CT molecular complexity index is 785. The Balaban J connectivity index is 2.19. The molecule has 5 nitrogen and oxygen atoms in total. The van der Waals surface area contributed by atoms with E-state index in [0.717, 1.165) is 16.9 Å². The van der Waals surface area contributed by atoms with Gasteiger partial charge in [0.25, 0.3) is 0 Å². The number of nitrogens with one attached hydrogen (secondary N) is 1. The molecule has 0 saturated carbocycles. The van der Waals surface area contributed by atoms with Crippen molar-refractivity contribution in [3.05, 3.63) is 53.6 Å². The first-order chi connectivity index (χ1) is 11.4. The third kappa shape index (κ3) is 4.27. The minimum atomic E-state index is -3.61. The molecule has 0 fully saturated rings. The number of methoxy groups -OCH3 is 1. The fourth-order valence-electron chi connectivity index (χ4n) is 2.37. The topological polar surface area (TPSA) is 64.6 Å². The largest absolute Gasteiger partial charge is 0.497 e. The van der Waals surface area contributed by atoms with Gasteiger partial charge in [-0.1, -0.05) is 12.1 Å². The van der Waals surface area contributed by atoms with Crippen LogP contribution in [0.25, 0.3) is 0 Å². The van der Waals surface area contributed by atoms with E-state index in [1.165, 1.54) is 0 Å². The van der Waals surface area contributed by atoms with E-state index >= 15 is 0 Å². The number of aryl methyl sites for hydroxylation is 1. The zero-order chi connectivity index (χ0) is 17.7. The molecule has 0 spiro atoms. The Hall–Kier alpha value is -2.05. The maximum Gasteiger partial charge on any atom is 0.241 e. The zero-order valence-electron chi connectivity index (χ0n) is 14.4. The highest BCUT2D eigenvalue weighted by atomic mass is 32.2. The molecule has 0 bridgehead atoms. The minimum Gasteiger partial charge on any atom is -0.497 e. The molecule has 2 rings (SSSR count). The van der Waals surface area contributed by atoms with E-state index in [2.05, 4.69) is 4.72 Å². The molecule has 0 aliphatic rings. The van der Waals surface area contributed by atoms with Crippen LogP contribution in [0.4, 0.5) is 0 Å². The predicted molar refractivity (Wildman–Crippen MR) is 94.1 cm³/mol. The summed E-state index contributed by atoms with van der Waals surface area (Å²) >= 11 is 0. The van der Waals surface area contributed by atoms with Crippen LogP contribution in [0.1, 0.15) is 31.0 Å². The Morgan fingerprint density at radius 2 is 1.79 bits per heavy atom. The van der Waals surface area contributed by atoms with Crippen molar-refractivity contribution in [3.8, 4) is 11.5 Å². The minimum absolute atomic E-state index is 0.226. The van der Waals surface area contributed by atoms with Crippen LogP contribution in [0.3, 0.4) is 0 Å². The van der Waals surface area contributed by atoms with Gasteiger partial charge in [-0.15, -0.1) is 0 Å². The van der Waals surface area contributed by atoms with Gasteiger partial charge in [0.15, 0.2) is 0 Å². The smallest absolute Gasteiger partial charge is 0.241 e. The summed E-state index contributed by atoms with van der Waals surface area (Å²) in [6, 6.07) is 11.8. The molecule has 0 aliphatic heterocycles. The molecule has 0 radical (unpaired) electrons. The molecular formula is C18H23NO4S. The van der Waals surface area contributed by atoms with E-state index in [9.17, 15) is 8.42 Å². The first kappa shape index (κ1) is 18.3. The first-order valence-electron chi connectivity index (χ1n) is 7.77. The van der Waals surface area contributed by atoms with E-state index < -0.39 is 10.0 Å². The van der Waals surface area contributed by atoms with E-state index in [4.69, 9.17) is 9.47 Å². The Labute approximate surface area is 143 Å². The lowest BCUT2D eigenvalue weighted by Gasteiger charge is -2.16. The van der Waals surface area contributed by atoms with Gasteiger partial charge in [-0.2, -0.15) is 0 Å². The summed E-state index contributed by atoms with van der Waals surface area (Å²) in [5.74, 6) is 1.43. The van der Waals surface area contributed by atoms with Crippen LogP contribution in [0.2, 0.25) is 0 Å². The lowest BCUT2D eigenvalue weighted by molar-refractivity contribution is 0.337. The molecule has 0 heterocycles. The van der Waals surface area contributed by atoms with Gasteiger partial charge in [-0.3, -0.25) is 0 Å². The quantitative estimate of drug-likeness (QED) is 0.832. The van der Waals surface area contributed by atoms with E-state index in [0.29, 0.717) is 12.4 Å². The van der Waals surface area contributed by atoms with Gasteiger partial charge in [0.05, 0.1) is 18.6 Å². The second-order valence-corrected chi connectivity index (χ2v) is 7.19. The molecule has 130 valence electrons. The highest BCUT2D eigenvalue weighted by Gasteiger charge is 2.19. The van der Waals surface area contributed by atoms with E-state index in [1.807, 2.05) is 26.0 Å². The monoisotopic (exact) mass is 349 g/mol. The molecule has 0 aliphatic carbocycles. The third-order valence-corrected chi connectivity index (χ3v) is 5.24. The Morgan fingerprint density at radius 1 is 1.12 bits per heavy atom. The number of sulfonamides is 1. The lowest BCUT2D eigenvalue weighted by Crippen LogP contribution is -2.27. The SMILES string of the molecule is CCOc1ccc(S(=O)(=O)N[C@H](C)c2ccc(OC)cc2)cc1C. The maximum absolute atomic E-state index is 12.6. The summed E-state index contributed by atoms with van der Waals surface area (Å²) in [4.78, 5) is 0.226. The molecule has 24 heavy (non-hydrogen) atoms.